The highest BCUT2D eigenvalue weighted by atomic mass is 31.2. The Kier molecular flexibility index (Phi) is 5.42. The molecule has 1 atom stereocenters. The summed E-state index contributed by atoms with van der Waals surface area (Å²) < 4.78 is 21.9. The summed E-state index contributed by atoms with van der Waals surface area (Å²) in [6.07, 6.45) is 0. The van der Waals surface area contributed by atoms with E-state index in [1.165, 1.54) is 6.92 Å². The van der Waals surface area contributed by atoms with E-state index in [0.29, 0.717) is 5.56 Å². The first-order valence-corrected chi connectivity index (χ1v) is 7.13. The Hall–Kier alpha value is -1.49. The van der Waals surface area contributed by atoms with Gasteiger partial charge in [0.25, 0.3) is 0 Å². The first-order chi connectivity index (χ1) is 8.94. The number of rotatable bonds is 6. The average molecular weight is 285 g/mol. The Morgan fingerprint density at radius 1 is 1.16 bits per heavy atom. The highest BCUT2D eigenvalue weighted by Gasteiger charge is 2.40. The van der Waals surface area contributed by atoms with Crippen molar-refractivity contribution >= 4 is 19.3 Å². The molecule has 0 aliphatic rings. The lowest BCUT2D eigenvalue weighted by Gasteiger charge is -2.23. The van der Waals surface area contributed by atoms with Crippen molar-refractivity contribution in [1.82, 2.24) is 5.32 Å². The van der Waals surface area contributed by atoms with E-state index in [2.05, 4.69) is 5.32 Å². The molecular weight excluding hydrogens is 269 g/mol. The highest BCUT2D eigenvalue weighted by Crippen LogP contribution is 2.51. The van der Waals surface area contributed by atoms with E-state index in [-0.39, 0.29) is 0 Å². The highest BCUT2D eigenvalue weighted by molar-refractivity contribution is 7.55. The Bertz CT molecular complexity index is 494. The molecule has 0 spiro atoms. The summed E-state index contributed by atoms with van der Waals surface area (Å²) in [5.41, 5.74) is 0.315. The van der Waals surface area contributed by atoms with Crippen LogP contribution in [-0.2, 0) is 18.4 Å². The molecule has 1 aromatic rings. The van der Waals surface area contributed by atoms with Gasteiger partial charge in [-0.1, -0.05) is 30.3 Å². The Labute approximate surface area is 111 Å². The predicted octanol–water partition coefficient (Wildman–Crippen LogP) is 1.82. The fraction of sp³-hybridized carbons (Fsp3) is 0.333. The number of hydrogen-bond acceptors (Lipinski definition) is 5. The first kappa shape index (κ1) is 15.6. The summed E-state index contributed by atoms with van der Waals surface area (Å²) in [5, 5.41) is 2.32. The molecule has 0 heterocycles. The molecule has 0 aliphatic carbocycles. The van der Waals surface area contributed by atoms with Crippen molar-refractivity contribution in [3.63, 3.8) is 0 Å². The standard InChI is InChI=1S/C12H16NO5P/c1-9(14)13-12(19(16,17-2)18-3)11(15)10-7-5-4-6-8-10/h4-8,12H,1-3H3,(H,13,14). The van der Waals surface area contributed by atoms with Crippen LogP contribution >= 0.6 is 7.60 Å². The maximum absolute atomic E-state index is 12.3. The van der Waals surface area contributed by atoms with Gasteiger partial charge in [-0.25, -0.2) is 0 Å². The Balaban J connectivity index is 3.14. The molecule has 0 saturated carbocycles. The number of benzene rings is 1. The van der Waals surface area contributed by atoms with Crippen LogP contribution in [-0.4, -0.2) is 31.7 Å². The number of Topliss-reactive ketones (excluding diaryl/α,β-unsaturated/α-hetero) is 1. The van der Waals surface area contributed by atoms with Gasteiger partial charge in [-0.15, -0.1) is 0 Å². The van der Waals surface area contributed by atoms with Crippen molar-refractivity contribution in [3.05, 3.63) is 35.9 Å². The van der Waals surface area contributed by atoms with Crippen LogP contribution in [0, 0.1) is 0 Å². The SMILES string of the molecule is COP(=O)(OC)C(NC(C)=O)C(=O)c1ccccc1. The second kappa shape index (κ2) is 6.61. The third-order valence-corrected chi connectivity index (χ3v) is 4.49. The summed E-state index contributed by atoms with van der Waals surface area (Å²) in [5.74, 6) is -2.38. The number of carbonyl (C=O) groups excluding carboxylic acids is 2. The van der Waals surface area contributed by atoms with Gasteiger partial charge in [0, 0.05) is 26.7 Å². The van der Waals surface area contributed by atoms with Crippen molar-refractivity contribution in [1.29, 1.82) is 0 Å². The summed E-state index contributed by atoms with van der Waals surface area (Å²) >= 11 is 0. The molecule has 1 rings (SSSR count). The quantitative estimate of drug-likeness (QED) is 0.637. The van der Waals surface area contributed by atoms with E-state index in [4.69, 9.17) is 9.05 Å². The van der Waals surface area contributed by atoms with Crippen molar-refractivity contribution < 1.29 is 23.2 Å². The third-order valence-electron chi connectivity index (χ3n) is 2.47. The lowest BCUT2D eigenvalue weighted by Crippen LogP contribution is -2.40. The largest absolute Gasteiger partial charge is 0.360 e. The molecular formula is C12H16NO5P. The molecule has 0 saturated heterocycles. The van der Waals surface area contributed by atoms with Crippen LogP contribution in [0.3, 0.4) is 0 Å². The lowest BCUT2D eigenvalue weighted by molar-refractivity contribution is -0.119. The van der Waals surface area contributed by atoms with Crippen molar-refractivity contribution in [3.8, 4) is 0 Å². The fourth-order valence-corrected chi connectivity index (χ4v) is 2.87. The molecule has 0 aromatic heterocycles. The van der Waals surface area contributed by atoms with Gasteiger partial charge in [0.15, 0.2) is 11.6 Å². The predicted molar refractivity (Wildman–Crippen MR) is 70.0 cm³/mol. The van der Waals surface area contributed by atoms with Gasteiger partial charge in [0.1, 0.15) is 0 Å². The first-order valence-electron chi connectivity index (χ1n) is 5.52. The van der Waals surface area contributed by atoms with Crippen LogP contribution in [0.25, 0.3) is 0 Å². The second-order valence-corrected chi connectivity index (χ2v) is 6.06. The molecule has 0 fully saturated rings. The van der Waals surface area contributed by atoms with Crippen molar-refractivity contribution in [2.45, 2.75) is 12.7 Å². The second-order valence-electron chi connectivity index (χ2n) is 3.74. The number of nitrogens with one attached hydrogen (secondary N) is 1. The van der Waals surface area contributed by atoms with Crippen LogP contribution in [0.5, 0.6) is 0 Å². The topological polar surface area (TPSA) is 81.7 Å². The number of hydrogen-bond donors (Lipinski definition) is 1. The minimum absolute atomic E-state index is 0.315. The zero-order valence-corrected chi connectivity index (χ0v) is 11.8. The Morgan fingerprint density at radius 2 is 1.68 bits per heavy atom. The molecule has 0 aliphatic heterocycles. The van der Waals surface area contributed by atoms with E-state index in [9.17, 15) is 14.2 Å². The zero-order chi connectivity index (χ0) is 14.5. The molecule has 104 valence electrons. The smallest absolute Gasteiger partial charge is 0.336 e. The molecule has 1 unspecified atom stereocenters. The summed E-state index contributed by atoms with van der Waals surface area (Å²) in [7, 11) is -1.42. The van der Waals surface area contributed by atoms with Gasteiger partial charge >= 0.3 is 7.60 Å². The molecule has 1 N–H and O–H groups in total. The lowest BCUT2D eigenvalue weighted by atomic mass is 10.1. The van der Waals surface area contributed by atoms with Gasteiger partial charge in [0.05, 0.1) is 0 Å². The Morgan fingerprint density at radius 3 is 2.11 bits per heavy atom. The number of amides is 1. The van der Waals surface area contributed by atoms with E-state index in [0.717, 1.165) is 14.2 Å². The van der Waals surface area contributed by atoms with Gasteiger partial charge in [0.2, 0.25) is 5.91 Å². The van der Waals surface area contributed by atoms with Crippen LogP contribution in [0.1, 0.15) is 17.3 Å². The maximum atomic E-state index is 12.3. The molecule has 0 bridgehead atoms. The summed E-state index contributed by atoms with van der Waals surface area (Å²) in [6.45, 7) is 1.22. The van der Waals surface area contributed by atoms with Gasteiger partial charge in [-0.2, -0.15) is 0 Å². The molecule has 7 heteroatoms. The number of ketones is 1. The van der Waals surface area contributed by atoms with Gasteiger partial charge in [-0.05, 0) is 0 Å². The molecule has 1 aromatic carbocycles. The van der Waals surface area contributed by atoms with E-state index >= 15 is 0 Å². The van der Waals surface area contributed by atoms with Crippen LogP contribution in [0.15, 0.2) is 30.3 Å². The van der Waals surface area contributed by atoms with Crippen LogP contribution in [0.4, 0.5) is 0 Å². The monoisotopic (exact) mass is 285 g/mol. The maximum Gasteiger partial charge on any atom is 0.360 e. The zero-order valence-electron chi connectivity index (χ0n) is 11.0. The summed E-state index contributed by atoms with van der Waals surface area (Å²) in [6, 6.07) is 8.21. The minimum Gasteiger partial charge on any atom is -0.336 e. The summed E-state index contributed by atoms with van der Waals surface area (Å²) in [4.78, 5) is 23.5. The normalized spacial score (nSPS) is 12.8. The van der Waals surface area contributed by atoms with Crippen molar-refractivity contribution in [2.75, 3.05) is 14.2 Å². The van der Waals surface area contributed by atoms with Gasteiger partial charge in [-0.3, -0.25) is 14.2 Å². The van der Waals surface area contributed by atoms with Crippen molar-refractivity contribution in [2.24, 2.45) is 0 Å². The molecule has 0 radical (unpaired) electrons. The van der Waals surface area contributed by atoms with E-state index < -0.39 is 25.1 Å². The van der Waals surface area contributed by atoms with Crippen LogP contribution in [0.2, 0.25) is 0 Å². The molecule has 19 heavy (non-hydrogen) atoms. The minimum atomic E-state index is -3.75. The number of carbonyl (C=O) groups is 2. The molecule has 1 amide bonds. The molecule has 6 nitrogen and oxygen atoms in total. The van der Waals surface area contributed by atoms with E-state index in [1.807, 2.05) is 0 Å². The third kappa shape index (κ3) is 3.73. The average Bonchev–Trinajstić information content (AvgIpc) is 2.44. The fourth-order valence-electron chi connectivity index (χ4n) is 1.53. The van der Waals surface area contributed by atoms with Crippen LogP contribution < -0.4 is 5.32 Å². The van der Waals surface area contributed by atoms with E-state index in [1.54, 1.807) is 30.3 Å². The van der Waals surface area contributed by atoms with Gasteiger partial charge < -0.3 is 14.4 Å².